The van der Waals surface area contributed by atoms with Crippen LogP contribution in [-0.2, 0) is 14.4 Å². The fourth-order valence-corrected chi connectivity index (χ4v) is 2.71. The Morgan fingerprint density at radius 3 is 2.62 bits per heavy atom. The lowest BCUT2D eigenvalue weighted by Crippen LogP contribution is -2.37. The molecule has 1 aliphatic rings. The van der Waals surface area contributed by atoms with Crippen molar-refractivity contribution in [2.45, 2.75) is 57.1 Å². The molecule has 0 radical (unpaired) electrons. The van der Waals surface area contributed by atoms with Crippen molar-refractivity contribution in [2.75, 3.05) is 13.6 Å². The van der Waals surface area contributed by atoms with Gasteiger partial charge in [0.05, 0.1) is 5.92 Å². The molecule has 1 saturated heterocycles. The van der Waals surface area contributed by atoms with Crippen LogP contribution < -0.4 is 5.32 Å². The lowest BCUT2D eigenvalue weighted by molar-refractivity contribution is -0.139. The minimum absolute atomic E-state index is 0.0252. The summed E-state index contributed by atoms with van der Waals surface area (Å²) in [7, 11) is 1.62. The van der Waals surface area contributed by atoms with E-state index in [0.29, 0.717) is 13.0 Å². The molecule has 0 aliphatic carbocycles. The van der Waals surface area contributed by atoms with E-state index in [1.165, 1.54) is 4.90 Å². The number of nitrogens with one attached hydrogen (secondary N) is 1. The number of carbonyl (C=O) groups is 3. The highest BCUT2D eigenvalue weighted by Crippen LogP contribution is 2.36. The molecule has 0 saturated carbocycles. The van der Waals surface area contributed by atoms with Crippen LogP contribution in [0.4, 0.5) is 0 Å². The lowest BCUT2D eigenvalue weighted by atomic mass is 9.89. The summed E-state index contributed by atoms with van der Waals surface area (Å²) in [5.41, 5.74) is 0. The van der Waals surface area contributed by atoms with Crippen molar-refractivity contribution < 1.29 is 14.4 Å². The van der Waals surface area contributed by atoms with Gasteiger partial charge in [-0.2, -0.15) is 12.6 Å². The summed E-state index contributed by atoms with van der Waals surface area (Å²) >= 11 is 4.54. The second-order valence-corrected chi connectivity index (χ2v) is 6.86. The maximum Gasteiger partial charge on any atom is 0.234 e. The Bertz CT molecular complexity index is 410. The van der Waals surface area contributed by atoms with Gasteiger partial charge in [-0.1, -0.05) is 13.3 Å². The summed E-state index contributed by atoms with van der Waals surface area (Å²) in [6.07, 6.45) is 3.87. The summed E-state index contributed by atoms with van der Waals surface area (Å²) in [6.45, 7) is 4.35. The average molecular weight is 314 g/mol. The molecule has 1 rings (SSSR count). The molecule has 1 heterocycles. The van der Waals surface area contributed by atoms with Crippen LogP contribution in [0, 0.1) is 5.92 Å². The van der Waals surface area contributed by atoms with Crippen LogP contribution in [0.1, 0.15) is 52.4 Å². The Labute approximate surface area is 132 Å². The minimum atomic E-state index is -0.430. The van der Waals surface area contributed by atoms with Crippen molar-refractivity contribution >= 4 is 30.4 Å². The van der Waals surface area contributed by atoms with E-state index in [-0.39, 0.29) is 30.1 Å². The number of unbranched alkanes of at least 4 members (excludes halogenated alkanes) is 2. The first-order chi connectivity index (χ1) is 9.83. The zero-order valence-electron chi connectivity index (χ0n) is 13.1. The van der Waals surface area contributed by atoms with E-state index in [1.807, 2.05) is 13.8 Å². The molecule has 2 unspecified atom stereocenters. The number of carbonyl (C=O) groups excluding carboxylic acids is 3. The third-order valence-electron chi connectivity index (χ3n) is 4.27. The lowest BCUT2D eigenvalue weighted by Gasteiger charge is -2.27. The van der Waals surface area contributed by atoms with Crippen LogP contribution in [0.2, 0.25) is 0 Å². The molecule has 0 aromatic heterocycles. The van der Waals surface area contributed by atoms with Gasteiger partial charge in [0.25, 0.3) is 0 Å². The molecule has 0 bridgehead atoms. The van der Waals surface area contributed by atoms with E-state index in [1.54, 1.807) is 7.05 Å². The van der Waals surface area contributed by atoms with Gasteiger partial charge in [-0.25, -0.2) is 0 Å². The standard InChI is InChI=1S/C15H26N2O3S/c1-4-15(2,21)11-10-13(19)17(14(11)20)9-7-5-6-8-12(18)16-3/h11,21H,4-10H2,1-3H3,(H,16,18). The molecule has 5 nitrogen and oxygen atoms in total. The summed E-state index contributed by atoms with van der Waals surface area (Å²) in [5, 5.41) is 2.57. The smallest absolute Gasteiger partial charge is 0.234 e. The Morgan fingerprint density at radius 2 is 2.05 bits per heavy atom. The van der Waals surface area contributed by atoms with E-state index < -0.39 is 4.75 Å². The second kappa shape index (κ2) is 7.82. The Kier molecular flexibility index (Phi) is 6.71. The summed E-state index contributed by atoms with van der Waals surface area (Å²) in [4.78, 5) is 36.8. The number of nitrogens with zero attached hydrogens (tertiary/aromatic N) is 1. The van der Waals surface area contributed by atoms with Gasteiger partial charge in [0.15, 0.2) is 0 Å². The molecule has 3 amide bonds. The monoisotopic (exact) mass is 314 g/mol. The Hall–Kier alpha value is -1.04. The Balaban J connectivity index is 2.41. The quantitative estimate of drug-likeness (QED) is 0.408. The zero-order valence-corrected chi connectivity index (χ0v) is 14.0. The first-order valence-electron chi connectivity index (χ1n) is 7.60. The maximum atomic E-state index is 12.3. The normalized spacial score (nSPS) is 21.5. The van der Waals surface area contributed by atoms with Crippen LogP contribution >= 0.6 is 12.6 Å². The number of imide groups is 1. The predicted octanol–water partition coefficient (Wildman–Crippen LogP) is 1.77. The van der Waals surface area contributed by atoms with Crippen molar-refractivity contribution in [3.05, 3.63) is 0 Å². The molecule has 1 aliphatic heterocycles. The molecule has 0 aromatic carbocycles. The number of hydrogen-bond acceptors (Lipinski definition) is 4. The van der Waals surface area contributed by atoms with E-state index >= 15 is 0 Å². The van der Waals surface area contributed by atoms with E-state index in [2.05, 4.69) is 17.9 Å². The number of hydrogen-bond donors (Lipinski definition) is 2. The third kappa shape index (κ3) is 4.73. The second-order valence-electron chi connectivity index (χ2n) is 5.83. The topological polar surface area (TPSA) is 66.5 Å². The van der Waals surface area contributed by atoms with Gasteiger partial charge in [-0.05, 0) is 26.2 Å². The Morgan fingerprint density at radius 1 is 1.38 bits per heavy atom. The number of rotatable bonds is 8. The van der Waals surface area contributed by atoms with Gasteiger partial charge in [-0.3, -0.25) is 19.3 Å². The van der Waals surface area contributed by atoms with Crippen molar-refractivity contribution in [1.82, 2.24) is 10.2 Å². The van der Waals surface area contributed by atoms with Crippen molar-refractivity contribution in [1.29, 1.82) is 0 Å². The molecular weight excluding hydrogens is 288 g/mol. The van der Waals surface area contributed by atoms with Crippen LogP contribution in [0.15, 0.2) is 0 Å². The predicted molar refractivity (Wildman–Crippen MR) is 85.0 cm³/mol. The van der Waals surface area contributed by atoms with Gasteiger partial charge < -0.3 is 5.32 Å². The van der Waals surface area contributed by atoms with E-state index in [4.69, 9.17) is 0 Å². The first kappa shape index (κ1) is 18.0. The summed E-state index contributed by atoms with van der Waals surface area (Å²) < 4.78 is -0.430. The average Bonchev–Trinajstić information content (AvgIpc) is 2.74. The molecular formula is C15H26N2O3S. The third-order valence-corrected chi connectivity index (χ3v) is 4.90. The van der Waals surface area contributed by atoms with Gasteiger partial charge in [0.2, 0.25) is 17.7 Å². The summed E-state index contributed by atoms with van der Waals surface area (Å²) in [6, 6.07) is 0. The van der Waals surface area contributed by atoms with Crippen molar-refractivity contribution in [2.24, 2.45) is 5.92 Å². The van der Waals surface area contributed by atoms with E-state index in [0.717, 1.165) is 25.7 Å². The van der Waals surface area contributed by atoms with Crippen LogP contribution in [-0.4, -0.2) is 41.0 Å². The van der Waals surface area contributed by atoms with Gasteiger partial charge >= 0.3 is 0 Å². The molecule has 1 N–H and O–H groups in total. The largest absolute Gasteiger partial charge is 0.359 e. The molecule has 2 atom stereocenters. The van der Waals surface area contributed by atoms with Crippen LogP contribution in [0.5, 0.6) is 0 Å². The highest BCUT2D eigenvalue weighted by Gasteiger charge is 2.46. The van der Waals surface area contributed by atoms with Crippen molar-refractivity contribution in [3.8, 4) is 0 Å². The SMILES string of the molecule is CCC(C)(S)C1CC(=O)N(CCCCCC(=O)NC)C1=O. The highest BCUT2D eigenvalue weighted by atomic mass is 32.1. The number of likely N-dealkylation sites (tertiary alicyclic amines) is 1. The number of thiol groups is 1. The van der Waals surface area contributed by atoms with Crippen LogP contribution in [0.3, 0.4) is 0 Å². The van der Waals surface area contributed by atoms with Crippen LogP contribution in [0.25, 0.3) is 0 Å². The van der Waals surface area contributed by atoms with Gasteiger partial charge in [0, 0.05) is 31.2 Å². The molecule has 120 valence electrons. The fraction of sp³-hybridized carbons (Fsp3) is 0.800. The number of amides is 3. The van der Waals surface area contributed by atoms with Gasteiger partial charge in [0.1, 0.15) is 0 Å². The zero-order chi connectivity index (χ0) is 16.0. The van der Waals surface area contributed by atoms with Crippen molar-refractivity contribution in [3.63, 3.8) is 0 Å². The maximum absolute atomic E-state index is 12.3. The molecule has 21 heavy (non-hydrogen) atoms. The highest BCUT2D eigenvalue weighted by molar-refractivity contribution is 7.81. The molecule has 0 aromatic rings. The van der Waals surface area contributed by atoms with Gasteiger partial charge in [-0.15, -0.1) is 0 Å². The fourth-order valence-electron chi connectivity index (χ4n) is 2.51. The minimum Gasteiger partial charge on any atom is -0.359 e. The molecule has 1 fully saturated rings. The van der Waals surface area contributed by atoms with E-state index in [9.17, 15) is 14.4 Å². The molecule has 6 heteroatoms. The summed E-state index contributed by atoms with van der Waals surface area (Å²) in [5.74, 6) is -0.475. The molecule has 0 spiro atoms. The first-order valence-corrected chi connectivity index (χ1v) is 8.05.